The number of rotatable bonds is 3. The molecule has 0 unspecified atom stereocenters. The molecule has 0 heterocycles. The van der Waals surface area contributed by atoms with Crippen molar-refractivity contribution in [2.75, 3.05) is 0 Å². The first-order chi connectivity index (χ1) is 8.61. The summed E-state index contributed by atoms with van der Waals surface area (Å²) < 4.78 is 0. The lowest BCUT2D eigenvalue weighted by atomic mass is 9.99. The first kappa shape index (κ1) is 12.4. The number of halogens is 1. The van der Waals surface area contributed by atoms with Gasteiger partial charge in [0.15, 0.2) is 0 Å². The molecular formula is C15H11ClO2. The molecule has 1 N–H and O–H groups in total. The van der Waals surface area contributed by atoms with Crippen LogP contribution in [0.3, 0.4) is 0 Å². The minimum absolute atomic E-state index is 0.253. The van der Waals surface area contributed by atoms with Crippen LogP contribution in [0.2, 0.25) is 5.02 Å². The smallest absolute Gasteiger partial charge is 0.336 e. The van der Waals surface area contributed by atoms with E-state index in [2.05, 4.69) is 6.58 Å². The number of carboxylic acid groups (broad SMARTS) is 1. The molecule has 3 heteroatoms. The SMILES string of the molecule is C=Cc1cc(-c2ccc(Cl)cc2)ccc1C(=O)O. The Labute approximate surface area is 110 Å². The van der Waals surface area contributed by atoms with Crippen molar-refractivity contribution in [2.45, 2.75) is 0 Å². The molecule has 2 aromatic carbocycles. The van der Waals surface area contributed by atoms with Crippen molar-refractivity contribution in [2.24, 2.45) is 0 Å². The monoisotopic (exact) mass is 258 g/mol. The average Bonchev–Trinajstić information content (AvgIpc) is 2.38. The van der Waals surface area contributed by atoms with E-state index in [-0.39, 0.29) is 5.56 Å². The van der Waals surface area contributed by atoms with Crippen LogP contribution in [0.1, 0.15) is 15.9 Å². The van der Waals surface area contributed by atoms with E-state index >= 15 is 0 Å². The van der Waals surface area contributed by atoms with Gasteiger partial charge in [-0.15, -0.1) is 0 Å². The molecule has 0 fully saturated rings. The molecule has 0 atom stereocenters. The van der Waals surface area contributed by atoms with Crippen LogP contribution in [0, 0.1) is 0 Å². The standard InChI is InChI=1S/C15H11ClO2/c1-2-10-9-12(5-8-14(10)15(17)18)11-3-6-13(16)7-4-11/h2-9H,1H2,(H,17,18). The molecule has 2 rings (SSSR count). The second-order valence-corrected chi connectivity index (χ2v) is 4.25. The Hall–Kier alpha value is -2.06. The Morgan fingerprint density at radius 2 is 1.72 bits per heavy atom. The van der Waals surface area contributed by atoms with Gasteiger partial charge in [0, 0.05) is 5.02 Å². The van der Waals surface area contributed by atoms with Gasteiger partial charge < -0.3 is 5.11 Å². The van der Waals surface area contributed by atoms with Gasteiger partial charge in [0.2, 0.25) is 0 Å². The summed E-state index contributed by atoms with van der Waals surface area (Å²) in [6, 6.07) is 12.6. The van der Waals surface area contributed by atoms with Gasteiger partial charge in [0.1, 0.15) is 0 Å². The molecular weight excluding hydrogens is 248 g/mol. The topological polar surface area (TPSA) is 37.3 Å². The lowest BCUT2D eigenvalue weighted by Gasteiger charge is -2.06. The Bertz CT molecular complexity index is 600. The van der Waals surface area contributed by atoms with E-state index in [1.807, 2.05) is 12.1 Å². The molecule has 0 saturated heterocycles. The maximum atomic E-state index is 11.0. The highest BCUT2D eigenvalue weighted by Gasteiger charge is 2.09. The number of benzene rings is 2. The van der Waals surface area contributed by atoms with Gasteiger partial charge >= 0.3 is 5.97 Å². The number of carboxylic acids is 1. The van der Waals surface area contributed by atoms with Crippen molar-refractivity contribution in [3.8, 4) is 11.1 Å². The van der Waals surface area contributed by atoms with Crippen LogP contribution in [0.5, 0.6) is 0 Å². The van der Waals surface area contributed by atoms with E-state index in [1.165, 1.54) is 0 Å². The van der Waals surface area contributed by atoms with Crippen LogP contribution in [0.25, 0.3) is 17.2 Å². The first-order valence-corrected chi connectivity index (χ1v) is 5.75. The number of carbonyl (C=O) groups is 1. The summed E-state index contributed by atoms with van der Waals surface area (Å²) in [5, 5.41) is 9.70. The van der Waals surface area contributed by atoms with Gasteiger partial charge in [-0.1, -0.05) is 42.5 Å². The number of aromatic carboxylic acids is 1. The molecule has 0 radical (unpaired) electrons. The minimum atomic E-state index is -0.951. The Morgan fingerprint density at radius 3 is 2.28 bits per heavy atom. The van der Waals surface area contributed by atoms with Crippen LogP contribution in [-0.2, 0) is 0 Å². The second-order valence-electron chi connectivity index (χ2n) is 3.82. The van der Waals surface area contributed by atoms with E-state index in [0.29, 0.717) is 10.6 Å². The van der Waals surface area contributed by atoms with E-state index in [4.69, 9.17) is 16.7 Å². The molecule has 0 aliphatic heterocycles. The quantitative estimate of drug-likeness (QED) is 0.889. The van der Waals surface area contributed by atoms with Gasteiger partial charge in [0.05, 0.1) is 5.56 Å². The number of hydrogen-bond donors (Lipinski definition) is 1. The highest BCUT2D eigenvalue weighted by atomic mass is 35.5. The van der Waals surface area contributed by atoms with Crippen LogP contribution in [-0.4, -0.2) is 11.1 Å². The van der Waals surface area contributed by atoms with Crippen LogP contribution < -0.4 is 0 Å². The second kappa shape index (κ2) is 5.07. The third-order valence-electron chi connectivity index (χ3n) is 2.68. The summed E-state index contributed by atoms with van der Waals surface area (Å²) in [7, 11) is 0. The fourth-order valence-corrected chi connectivity index (χ4v) is 1.87. The van der Waals surface area contributed by atoms with Gasteiger partial charge in [-0.2, -0.15) is 0 Å². The van der Waals surface area contributed by atoms with Crippen LogP contribution in [0.4, 0.5) is 0 Å². The fraction of sp³-hybridized carbons (Fsp3) is 0. The summed E-state index contributed by atoms with van der Waals surface area (Å²) in [5.41, 5.74) is 2.78. The van der Waals surface area contributed by atoms with Gasteiger partial charge in [-0.25, -0.2) is 4.79 Å². The molecule has 0 aromatic heterocycles. The molecule has 0 aliphatic carbocycles. The largest absolute Gasteiger partial charge is 0.478 e. The highest BCUT2D eigenvalue weighted by molar-refractivity contribution is 6.30. The fourth-order valence-electron chi connectivity index (χ4n) is 1.75. The summed E-state index contributed by atoms with van der Waals surface area (Å²) >= 11 is 5.83. The molecule has 2 nitrogen and oxygen atoms in total. The highest BCUT2D eigenvalue weighted by Crippen LogP contribution is 2.24. The lowest BCUT2D eigenvalue weighted by Crippen LogP contribution is -1.99. The minimum Gasteiger partial charge on any atom is -0.478 e. The Kier molecular flexibility index (Phi) is 3.49. The van der Waals surface area contributed by atoms with Crippen molar-refractivity contribution in [3.63, 3.8) is 0 Å². The molecule has 0 aliphatic rings. The molecule has 0 saturated carbocycles. The maximum Gasteiger partial charge on any atom is 0.336 e. The van der Waals surface area contributed by atoms with Crippen molar-refractivity contribution in [1.82, 2.24) is 0 Å². The third-order valence-corrected chi connectivity index (χ3v) is 2.93. The zero-order valence-corrected chi connectivity index (χ0v) is 10.3. The lowest BCUT2D eigenvalue weighted by molar-refractivity contribution is 0.0696. The van der Waals surface area contributed by atoms with Crippen molar-refractivity contribution in [1.29, 1.82) is 0 Å². The molecule has 0 bridgehead atoms. The molecule has 0 amide bonds. The third kappa shape index (κ3) is 2.44. The number of hydrogen-bond acceptors (Lipinski definition) is 1. The molecule has 2 aromatic rings. The maximum absolute atomic E-state index is 11.0. The van der Waals surface area contributed by atoms with E-state index < -0.39 is 5.97 Å². The Balaban J connectivity index is 2.50. The summed E-state index contributed by atoms with van der Waals surface area (Å²) in [5.74, 6) is -0.951. The van der Waals surface area contributed by atoms with E-state index in [9.17, 15) is 4.79 Å². The Morgan fingerprint density at radius 1 is 1.11 bits per heavy atom. The predicted molar refractivity (Wildman–Crippen MR) is 73.9 cm³/mol. The van der Waals surface area contributed by atoms with E-state index in [0.717, 1.165) is 11.1 Å². The molecule has 18 heavy (non-hydrogen) atoms. The van der Waals surface area contributed by atoms with Gasteiger partial charge in [0.25, 0.3) is 0 Å². The summed E-state index contributed by atoms with van der Waals surface area (Å²) in [6.45, 7) is 3.64. The predicted octanol–water partition coefficient (Wildman–Crippen LogP) is 4.35. The van der Waals surface area contributed by atoms with Crippen LogP contribution >= 0.6 is 11.6 Å². The molecule has 90 valence electrons. The molecule has 0 spiro atoms. The van der Waals surface area contributed by atoms with Gasteiger partial charge in [-0.05, 0) is 41.0 Å². The summed E-state index contributed by atoms with van der Waals surface area (Å²) in [4.78, 5) is 11.0. The summed E-state index contributed by atoms with van der Waals surface area (Å²) in [6.07, 6.45) is 1.54. The zero-order chi connectivity index (χ0) is 13.1. The van der Waals surface area contributed by atoms with Crippen LogP contribution in [0.15, 0.2) is 49.0 Å². The van der Waals surface area contributed by atoms with Crippen molar-refractivity contribution in [3.05, 3.63) is 65.2 Å². The normalized spacial score (nSPS) is 10.1. The zero-order valence-electron chi connectivity index (χ0n) is 9.56. The first-order valence-electron chi connectivity index (χ1n) is 5.37. The van der Waals surface area contributed by atoms with Crippen molar-refractivity contribution >= 4 is 23.6 Å². The van der Waals surface area contributed by atoms with Crippen molar-refractivity contribution < 1.29 is 9.90 Å². The van der Waals surface area contributed by atoms with Gasteiger partial charge in [-0.3, -0.25) is 0 Å². The average molecular weight is 259 g/mol. The van der Waals surface area contributed by atoms with E-state index in [1.54, 1.807) is 36.4 Å².